The number of aromatic nitrogens is 2. The van der Waals surface area contributed by atoms with Gasteiger partial charge in [0.05, 0.1) is 17.4 Å². The lowest BCUT2D eigenvalue weighted by atomic mass is 9.97. The molecule has 0 amide bonds. The number of ether oxygens (including phenoxy) is 1. The van der Waals surface area contributed by atoms with Gasteiger partial charge in [0.2, 0.25) is 11.6 Å². The summed E-state index contributed by atoms with van der Waals surface area (Å²) in [6, 6.07) is 0.228. The van der Waals surface area contributed by atoms with Crippen molar-refractivity contribution in [2.75, 3.05) is 29.9 Å². The number of nitrogens with zero attached hydrogens (tertiary/aromatic N) is 4. The maximum Gasteiger partial charge on any atom is 0.353 e. The van der Waals surface area contributed by atoms with E-state index in [-0.39, 0.29) is 23.6 Å². The Morgan fingerprint density at radius 3 is 2.62 bits per heavy atom. The van der Waals surface area contributed by atoms with E-state index in [1.165, 1.54) is 6.33 Å². The smallest absolute Gasteiger partial charge is 0.353 e. The SMILES string of the molecule is CCOC(=O)C1CCN(c2ncnc(NC3CCCC3)c2[N+](=O)[O-])CC1. The predicted octanol–water partition coefficient (Wildman–Crippen LogP) is 2.52. The first-order valence-electron chi connectivity index (χ1n) is 9.27. The lowest BCUT2D eigenvalue weighted by Gasteiger charge is -2.31. The largest absolute Gasteiger partial charge is 0.466 e. The van der Waals surface area contributed by atoms with Gasteiger partial charge in [-0.2, -0.15) is 0 Å². The molecule has 0 atom stereocenters. The predicted molar refractivity (Wildman–Crippen MR) is 96.1 cm³/mol. The Hall–Kier alpha value is -2.45. The first kappa shape index (κ1) is 18.3. The molecule has 1 aliphatic carbocycles. The van der Waals surface area contributed by atoms with Crippen molar-refractivity contribution in [3.8, 4) is 0 Å². The first-order chi connectivity index (χ1) is 12.6. The molecule has 9 heteroatoms. The number of hydrogen-bond acceptors (Lipinski definition) is 8. The van der Waals surface area contributed by atoms with Crippen molar-refractivity contribution >= 4 is 23.3 Å². The third-order valence-corrected chi connectivity index (χ3v) is 5.10. The molecule has 2 aliphatic rings. The zero-order valence-electron chi connectivity index (χ0n) is 15.0. The van der Waals surface area contributed by atoms with Crippen LogP contribution in [0.25, 0.3) is 0 Å². The summed E-state index contributed by atoms with van der Waals surface area (Å²) < 4.78 is 5.08. The molecule has 2 fully saturated rings. The molecular weight excluding hydrogens is 338 g/mol. The fourth-order valence-corrected chi connectivity index (χ4v) is 3.73. The van der Waals surface area contributed by atoms with Crippen molar-refractivity contribution in [1.82, 2.24) is 9.97 Å². The van der Waals surface area contributed by atoms with Crippen LogP contribution in [0.15, 0.2) is 6.33 Å². The van der Waals surface area contributed by atoms with Crippen LogP contribution in [0, 0.1) is 16.0 Å². The maximum absolute atomic E-state index is 11.9. The van der Waals surface area contributed by atoms with Gasteiger partial charge in [-0.05, 0) is 32.6 Å². The number of nitro groups is 1. The molecule has 142 valence electrons. The van der Waals surface area contributed by atoms with Crippen molar-refractivity contribution in [2.45, 2.75) is 51.5 Å². The van der Waals surface area contributed by atoms with Crippen LogP contribution in [-0.4, -0.2) is 46.6 Å². The Labute approximate surface area is 152 Å². The molecule has 0 bridgehead atoms. The summed E-state index contributed by atoms with van der Waals surface area (Å²) in [5.74, 6) is 0.281. The molecule has 1 aromatic rings. The number of esters is 1. The second-order valence-electron chi connectivity index (χ2n) is 6.79. The van der Waals surface area contributed by atoms with E-state index in [1.54, 1.807) is 6.92 Å². The summed E-state index contributed by atoms with van der Waals surface area (Å²) >= 11 is 0. The highest BCUT2D eigenvalue weighted by Gasteiger charge is 2.33. The number of hydrogen-bond donors (Lipinski definition) is 1. The van der Waals surface area contributed by atoms with E-state index < -0.39 is 4.92 Å². The topological polar surface area (TPSA) is 110 Å². The molecule has 0 radical (unpaired) electrons. The van der Waals surface area contributed by atoms with Crippen LogP contribution < -0.4 is 10.2 Å². The second-order valence-corrected chi connectivity index (χ2v) is 6.79. The quantitative estimate of drug-likeness (QED) is 0.466. The third kappa shape index (κ3) is 4.03. The molecule has 1 aromatic heterocycles. The highest BCUT2D eigenvalue weighted by atomic mass is 16.6. The van der Waals surface area contributed by atoms with E-state index in [2.05, 4.69) is 15.3 Å². The fourth-order valence-electron chi connectivity index (χ4n) is 3.73. The minimum Gasteiger partial charge on any atom is -0.466 e. The number of piperidine rings is 1. The molecule has 26 heavy (non-hydrogen) atoms. The Morgan fingerprint density at radius 2 is 2.00 bits per heavy atom. The van der Waals surface area contributed by atoms with E-state index in [4.69, 9.17) is 4.74 Å². The lowest BCUT2D eigenvalue weighted by molar-refractivity contribution is -0.383. The summed E-state index contributed by atoms with van der Waals surface area (Å²) in [5, 5.41) is 14.9. The standard InChI is InChI=1S/C17H25N5O4/c1-2-26-17(23)12-7-9-21(10-8-12)16-14(22(24)25)15(18-11-19-16)20-13-5-3-4-6-13/h11-13H,2-10H2,1H3,(H,18,19,20). The normalized spacial score (nSPS) is 18.7. The number of anilines is 2. The molecule has 2 heterocycles. The molecule has 3 rings (SSSR count). The van der Waals surface area contributed by atoms with Gasteiger partial charge in [-0.3, -0.25) is 14.9 Å². The molecule has 1 saturated heterocycles. The van der Waals surface area contributed by atoms with Crippen molar-refractivity contribution in [3.63, 3.8) is 0 Å². The minimum absolute atomic E-state index is 0.0750. The Kier molecular flexibility index (Phi) is 5.85. The van der Waals surface area contributed by atoms with Crippen LogP contribution >= 0.6 is 0 Å². The van der Waals surface area contributed by atoms with E-state index in [0.29, 0.717) is 44.2 Å². The zero-order valence-corrected chi connectivity index (χ0v) is 15.0. The molecule has 0 aromatic carbocycles. The number of rotatable bonds is 6. The molecule has 9 nitrogen and oxygen atoms in total. The maximum atomic E-state index is 11.9. The van der Waals surface area contributed by atoms with Crippen molar-refractivity contribution in [3.05, 3.63) is 16.4 Å². The third-order valence-electron chi connectivity index (χ3n) is 5.10. The average Bonchev–Trinajstić information content (AvgIpc) is 3.15. The van der Waals surface area contributed by atoms with E-state index in [0.717, 1.165) is 25.7 Å². The number of carbonyl (C=O) groups excluding carboxylic acids is 1. The van der Waals surface area contributed by atoms with Gasteiger partial charge in [0.25, 0.3) is 0 Å². The van der Waals surface area contributed by atoms with E-state index >= 15 is 0 Å². The van der Waals surface area contributed by atoms with Crippen molar-refractivity contribution in [1.29, 1.82) is 0 Å². The zero-order chi connectivity index (χ0) is 18.5. The van der Waals surface area contributed by atoms with Gasteiger partial charge < -0.3 is 15.0 Å². The van der Waals surface area contributed by atoms with Crippen LogP contribution in [0.5, 0.6) is 0 Å². The van der Waals surface area contributed by atoms with Crippen LogP contribution in [0.3, 0.4) is 0 Å². The van der Waals surface area contributed by atoms with Gasteiger partial charge in [-0.25, -0.2) is 9.97 Å². The average molecular weight is 363 g/mol. The highest BCUT2D eigenvalue weighted by Crippen LogP contribution is 2.35. The van der Waals surface area contributed by atoms with Gasteiger partial charge in [-0.15, -0.1) is 0 Å². The molecule has 1 N–H and O–H groups in total. The molecule has 1 aliphatic heterocycles. The number of carbonyl (C=O) groups is 1. The summed E-state index contributed by atoms with van der Waals surface area (Å²) in [6.07, 6.45) is 6.84. The van der Waals surface area contributed by atoms with Crippen LogP contribution in [0.4, 0.5) is 17.3 Å². The number of nitrogens with one attached hydrogen (secondary N) is 1. The molecule has 1 saturated carbocycles. The van der Waals surface area contributed by atoms with Gasteiger partial charge in [0, 0.05) is 19.1 Å². The summed E-state index contributed by atoms with van der Waals surface area (Å²) in [4.78, 5) is 33.3. The summed E-state index contributed by atoms with van der Waals surface area (Å²) in [5.41, 5.74) is -0.0750. The Bertz CT molecular complexity index is 655. The molecule has 0 spiro atoms. The van der Waals surface area contributed by atoms with Crippen LogP contribution in [-0.2, 0) is 9.53 Å². The van der Waals surface area contributed by atoms with Gasteiger partial charge in [-0.1, -0.05) is 12.8 Å². The summed E-state index contributed by atoms with van der Waals surface area (Å²) in [6.45, 7) is 3.22. The van der Waals surface area contributed by atoms with Crippen LogP contribution in [0.1, 0.15) is 45.4 Å². The molecular formula is C17H25N5O4. The van der Waals surface area contributed by atoms with Crippen molar-refractivity contribution < 1.29 is 14.5 Å². The van der Waals surface area contributed by atoms with Crippen molar-refractivity contribution in [2.24, 2.45) is 5.92 Å². The van der Waals surface area contributed by atoms with E-state index in [9.17, 15) is 14.9 Å². The summed E-state index contributed by atoms with van der Waals surface area (Å²) in [7, 11) is 0. The Morgan fingerprint density at radius 1 is 1.31 bits per heavy atom. The first-order valence-corrected chi connectivity index (χ1v) is 9.27. The monoisotopic (exact) mass is 363 g/mol. The van der Waals surface area contributed by atoms with E-state index in [1.807, 2.05) is 4.90 Å². The fraction of sp³-hybridized carbons (Fsp3) is 0.706. The minimum atomic E-state index is -0.413. The van der Waals surface area contributed by atoms with Crippen LogP contribution in [0.2, 0.25) is 0 Å². The van der Waals surface area contributed by atoms with Gasteiger partial charge in [0.15, 0.2) is 0 Å². The second kappa shape index (κ2) is 8.29. The van der Waals surface area contributed by atoms with Gasteiger partial charge in [0.1, 0.15) is 6.33 Å². The lowest BCUT2D eigenvalue weighted by Crippen LogP contribution is -2.38. The molecule has 0 unspecified atom stereocenters. The van der Waals surface area contributed by atoms with Gasteiger partial charge >= 0.3 is 11.7 Å². The Balaban J connectivity index is 1.75. The highest BCUT2D eigenvalue weighted by molar-refractivity contribution is 5.74.